The highest BCUT2D eigenvalue weighted by atomic mass is 16.6. The Kier molecular flexibility index (Phi) is 6.44. The van der Waals surface area contributed by atoms with Crippen LogP contribution >= 0.6 is 0 Å². The molecule has 28 heavy (non-hydrogen) atoms. The first-order valence-electron chi connectivity index (χ1n) is 9.91. The molecule has 156 valence electrons. The van der Waals surface area contributed by atoms with Gasteiger partial charge in [0.25, 0.3) is 0 Å². The van der Waals surface area contributed by atoms with E-state index in [2.05, 4.69) is 5.32 Å². The Balaban J connectivity index is 2.66. The number of amides is 1. The van der Waals surface area contributed by atoms with Gasteiger partial charge in [0.1, 0.15) is 5.60 Å². The molecule has 1 saturated heterocycles. The van der Waals surface area contributed by atoms with Gasteiger partial charge in [-0.3, -0.25) is 15.0 Å². The normalized spacial score (nSPS) is 25.6. The van der Waals surface area contributed by atoms with E-state index in [0.29, 0.717) is 6.54 Å². The van der Waals surface area contributed by atoms with Crippen LogP contribution in [0.15, 0.2) is 30.3 Å². The van der Waals surface area contributed by atoms with Crippen LogP contribution in [0.4, 0.5) is 4.79 Å². The molecule has 1 aromatic carbocycles. The molecule has 4 atom stereocenters. The molecule has 1 amide bonds. The third-order valence-corrected chi connectivity index (χ3v) is 5.11. The minimum atomic E-state index is -0.900. The lowest BCUT2D eigenvalue weighted by atomic mass is 9.71. The van der Waals surface area contributed by atoms with Crippen molar-refractivity contribution in [3.8, 4) is 0 Å². The summed E-state index contributed by atoms with van der Waals surface area (Å²) in [4.78, 5) is 27.3. The number of likely N-dealkylation sites (tertiary alicyclic amines) is 1. The molecule has 6 nitrogen and oxygen atoms in total. The molecule has 0 spiro atoms. The Morgan fingerprint density at radius 2 is 1.68 bits per heavy atom. The third kappa shape index (κ3) is 4.66. The molecule has 0 saturated carbocycles. The number of carbonyl (C=O) groups is 2. The number of aliphatic carboxylic acids is 1. The van der Waals surface area contributed by atoms with Gasteiger partial charge in [-0.25, -0.2) is 4.79 Å². The van der Waals surface area contributed by atoms with E-state index in [1.54, 1.807) is 4.90 Å². The second-order valence-electron chi connectivity index (χ2n) is 9.50. The Morgan fingerprint density at radius 1 is 1.11 bits per heavy atom. The van der Waals surface area contributed by atoms with Crippen LogP contribution in [0.3, 0.4) is 0 Å². The zero-order valence-electron chi connectivity index (χ0n) is 18.0. The highest BCUT2D eigenvalue weighted by molar-refractivity contribution is 5.77. The van der Waals surface area contributed by atoms with E-state index in [4.69, 9.17) is 4.74 Å². The van der Waals surface area contributed by atoms with Crippen molar-refractivity contribution >= 4 is 12.1 Å². The van der Waals surface area contributed by atoms with Gasteiger partial charge < -0.3 is 9.84 Å². The van der Waals surface area contributed by atoms with Crippen LogP contribution in [-0.2, 0) is 9.53 Å². The predicted molar refractivity (Wildman–Crippen MR) is 109 cm³/mol. The fourth-order valence-corrected chi connectivity index (χ4v) is 4.21. The summed E-state index contributed by atoms with van der Waals surface area (Å²) in [5.74, 6) is -1.94. The molecular formula is C22H34N2O4. The molecule has 1 aliphatic rings. The summed E-state index contributed by atoms with van der Waals surface area (Å²) in [5, 5.41) is 13.6. The summed E-state index contributed by atoms with van der Waals surface area (Å²) in [6, 6.07) is 8.77. The fraction of sp³-hybridized carbons (Fsp3) is 0.636. The van der Waals surface area contributed by atoms with E-state index < -0.39 is 35.8 Å². The lowest BCUT2D eigenvalue weighted by molar-refractivity contribution is -0.145. The Labute approximate surface area is 168 Å². The van der Waals surface area contributed by atoms with Crippen molar-refractivity contribution in [1.82, 2.24) is 10.2 Å². The average Bonchev–Trinajstić information content (AvgIpc) is 2.90. The maximum atomic E-state index is 13.2. The quantitative estimate of drug-likeness (QED) is 0.802. The molecule has 1 aliphatic heterocycles. The van der Waals surface area contributed by atoms with Crippen molar-refractivity contribution in [2.75, 3.05) is 6.54 Å². The first-order chi connectivity index (χ1) is 12.9. The SMILES string of the molecule is CCN[C@@H]1[C@H](C(C)(C)C)[C@H](C(=O)O)[C@@H](c2ccccc2)N1C(=O)OC(C)(C)C. The maximum Gasteiger partial charge on any atom is 0.412 e. The summed E-state index contributed by atoms with van der Waals surface area (Å²) in [6.45, 7) is 14.1. The fourth-order valence-electron chi connectivity index (χ4n) is 4.21. The van der Waals surface area contributed by atoms with Gasteiger partial charge in [-0.2, -0.15) is 0 Å². The number of nitrogens with zero attached hydrogens (tertiary/aromatic N) is 1. The summed E-state index contributed by atoms with van der Waals surface area (Å²) in [5.41, 5.74) is -0.205. The second-order valence-corrected chi connectivity index (χ2v) is 9.50. The zero-order valence-corrected chi connectivity index (χ0v) is 18.0. The number of carboxylic acids is 1. The number of benzene rings is 1. The van der Waals surface area contributed by atoms with Gasteiger partial charge in [0, 0.05) is 5.92 Å². The van der Waals surface area contributed by atoms with Gasteiger partial charge in [-0.15, -0.1) is 0 Å². The van der Waals surface area contributed by atoms with Crippen molar-refractivity contribution < 1.29 is 19.4 Å². The molecule has 0 aromatic heterocycles. The molecule has 1 aromatic rings. The van der Waals surface area contributed by atoms with Crippen LogP contribution < -0.4 is 5.32 Å². The molecular weight excluding hydrogens is 356 g/mol. The Bertz CT molecular complexity index is 691. The lowest BCUT2D eigenvalue weighted by Gasteiger charge is -2.37. The molecule has 0 unspecified atom stereocenters. The zero-order chi connectivity index (χ0) is 21.3. The number of hydrogen-bond acceptors (Lipinski definition) is 4. The van der Waals surface area contributed by atoms with Crippen LogP contribution in [-0.4, -0.2) is 40.4 Å². The van der Waals surface area contributed by atoms with Gasteiger partial charge >= 0.3 is 12.1 Å². The molecule has 0 aliphatic carbocycles. The number of hydrogen-bond donors (Lipinski definition) is 2. The molecule has 6 heteroatoms. The lowest BCUT2D eigenvalue weighted by Crippen LogP contribution is -2.51. The smallest absolute Gasteiger partial charge is 0.412 e. The maximum absolute atomic E-state index is 13.2. The minimum Gasteiger partial charge on any atom is -0.481 e. The molecule has 1 heterocycles. The number of nitrogens with one attached hydrogen (secondary N) is 1. The third-order valence-electron chi connectivity index (χ3n) is 5.11. The van der Waals surface area contributed by atoms with Gasteiger partial charge in [0.2, 0.25) is 0 Å². The first-order valence-corrected chi connectivity index (χ1v) is 9.91. The van der Waals surface area contributed by atoms with Crippen LogP contribution in [0.5, 0.6) is 0 Å². The predicted octanol–water partition coefficient (Wildman–Crippen LogP) is 4.28. The van der Waals surface area contributed by atoms with Crippen molar-refractivity contribution in [3.05, 3.63) is 35.9 Å². The van der Waals surface area contributed by atoms with Crippen molar-refractivity contribution in [1.29, 1.82) is 0 Å². The molecule has 2 N–H and O–H groups in total. The Hall–Kier alpha value is -2.08. The topological polar surface area (TPSA) is 78.9 Å². The van der Waals surface area contributed by atoms with E-state index >= 15 is 0 Å². The van der Waals surface area contributed by atoms with Crippen molar-refractivity contribution in [3.63, 3.8) is 0 Å². The summed E-state index contributed by atoms with van der Waals surface area (Å²) < 4.78 is 5.69. The van der Waals surface area contributed by atoms with Gasteiger partial charge in [-0.1, -0.05) is 58.0 Å². The van der Waals surface area contributed by atoms with Crippen LogP contribution in [0, 0.1) is 17.3 Å². The molecule has 2 rings (SSSR count). The van der Waals surface area contributed by atoms with E-state index in [0.717, 1.165) is 5.56 Å². The number of carboxylic acid groups (broad SMARTS) is 1. The monoisotopic (exact) mass is 390 g/mol. The molecule has 0 bridgehead atoms. The van der Waals surface area contributed by atoms with E-state index in [9.17, 15) is 14.7 Å². The summed E-state index contributed by atoms with van der Waals surface area (Å²) in [7, 11) is 0. The Morgan fingerprint density at radius 3 is 2.11 bits per heavy atom. The minimum absolute atomic E-state index is 0.289. The van der Waals surface area contributed by atoms with Gasteiger partial charge in [0.05, 0.1) is 18.1 Å². The average molecular weight is 391 g/mol. The number of carbonyl (C=O) groups excluding carboxylic acids is 1. The van der Waals surface area contributed by atoms with E-state index in [-0.39, 0.29) is 11.3 Å². The van der Waals surface area contributed by atoms with E-state index in [1.807, 2.05) is 78.8 Å². The van der Waals surface area contributed by atoms with Crippen molar-refractivity contribution in [2.45, 2.75) is 66.3 Å². The largest absolute Gasteiger partial charge is 0.481 e. The standard InChI is InChI=1S/C22H34N2O4/c1-8-23-18-16(21(2,3)4)15(19(25)26)17(14-12-10-9-11-13-14)24(18)20(27)28-22(5,6)7/h9-13,15-18,23H,8H2,1-7H3,(H,25,26)/t15-,16+,17+,18-/m0/s1. The van der Waals surface area contributed by atoms with Crippen LogP contribution in [0.1, 0.15) is 60.1 Å². The first kappa shape index (κ1) is 22.2. The second kappa shape index (κ2) is 8.11. The number of rotatable bonds is 4. The highest BCUT2D eigenvalue weighted by Crippen LogP contribution is 2.51. The van der Waals surface area contributed by atoms with Crippen LogP contribution in [0.25, 0.3) is 0 Å². The van der Waals surface area contributed by atoms with E-state index in [1.165, 1.54) is 0 Å². The number of ether oxygens (including phenoxy) is 1. The summed E-state index contributed by atoms with van der Waals surface area (Å²) >= 11 is 0. The molecule has 0 radical (unpaired) electrons. The summed E-state index contributed by atoms with van der Waals surface area (Å²) in [6.07, 6.45) is -0.934. The molecule has 1 fully saturated rings. The van der Waals surface area contributed by atoms with Gasteiger partial charge in [0.15, 0.2) is 0 Å². The van der Waals surface area contributed by atoms with Gasteiger partial charge in [-0.05, 0) is 38.3 Å². The highest BCUT2D eigenvalue weighted by Gasteiger charge is 2.58. The van der Waals surface area contributed by atoms with Crippen LogP contribution in [0.2, 0.25) is 0 Å². The van der Waals surface area contributed by atoms with Crippen molar-refractivity contribution in [2.24, 2.45) is 17.3 Å².